The second-order valence-electron chi connectivity index (χ2n) is 4.63. The van der Waals surface area contributed by atoms with Gasteiger partial charge in [-0.15, -0.1) is 0 Å². The summed E-state index contributed by atoms with van der Waals surface area (Å²) in [6.45, 7) is 0. The topological polar surface area (TPSA) is 0 Å². The van der Waals surface area contributed by atoms with Crippen molar-refractivity contribution in [1.82, 2.24) is 0 Å². The molecule has 0 atom stereocenters. The monoisotopic (exact) mass is 220 g/mol. The van der Waals surface area contributed by atoms with Gasteiger partial charge in [0.2, 0.25) is 0 Å². The zero-order valence-corrected chi connectivity index (χ0v) is 9.89. The van der Waals surface area contributed by atoms with Gasteiger partial charge in [-0.05, 0) is 36.0 Å². The highest BCUT2D eigenvalue weighted by Crippen LogP contribution is 2.25. The van der Waals surface area contributed by atoms with Crippen LogP contribution in [0.3, 0.4) is 0 Å². The van der Waals surface area contributed by atoms with E-state index in [0.29, 0.717) is 0 Å². The summed E-state index contributed by atoms with van der Waals surface area (Å²) < 4.78 is 0. The predicted octanol–water partition coefficient (Wildman–Crippen LogP) is 4.62. The summed E-state index contributed by atoms with van der Waals surface area (Å²) in [6, 6.07) is 19.5. The second kappa shape index (κ2) is 4.58. The van der Waals surface area contributed by atoms with Crippen molar-refractivity contribution in [3.63, 3.8) is 0 Å². The Kier molecular flexibility index (Phi) is 2.79. The van der Waals surface area contributed by atoms with E-state index in [9.17, 15) is 0 Å². The molecule has 0 spiro atoms. The zero-order chi connectivity index (χ0) is 11.5. The Morgan fingerprint density at radius 3 is 2.00 bits per heavy atom. The van der Waals surface area contributed by atoms with Gasteiger partial charge < -0.3 is 0 Å². The number of hydrogen-bond donors (Lipinski definition) is 0. The number of rotatable bonds is 4. The van der Waals surface area contributed by atoms with Crippen molar-refractivity contribution in [3.05, 3.63) is 71.8 Å². The highest BCUT2D eigenvalue weighted by atomic mass is 14.1. The first kappa shape index (κ1) is 10.3. The lowest BCUT2D eigenvalue weighted by Gasteiger charge is -2.03. The minimum Gasteiger partial charge on any atom is -0.0809 e. The molecule has 0 saturated heterocycles. The van der Waals surface area contributed by atoms with Gasteiger partial charge in [0.25, 0.3) is 0 Å². The summed E-state index contributed by atoms with van der Waals surface area (Å²) in [7, 11) is 0. The Balaban J connectivity index is 1.73. The quantitative estimate of drug-likeness (QED) is 0.660. The highest BCUT2D eigenvalue weighted by Gasteiger charge is 2.06. The van der Waals surface area contributed by atoms with Crippen molar-refractivity contribution in [3.8, 4) is 11.1 Å². The van der Waals surface area contributed by atoms with Gasteiger partial charge in [-0.25, -0.2) is 0 Å². The van der Waals surface area contributed by atoms with Crippen LogP contribution in [0, 0.1) is 0 Å². The van der Waals surface area contributed by atoms with Gasteiger partial charge in [0.05, 0.1) is 0 Å². The lowest BCUT2D eigenvalue weighted by Crippen LogP contribution is -1.84. The Morgan fingerprint density at radius 1 is 0.706 bits per heavy atom. The standard InChI is InChI=1S/C17H16/c1-2-4-16(5-3-1)17-12-10-15(11-13-17)9-8-14-6-7-14/h1-6,10-13H,7-9H2. The molecule has 1 aliphatic carbocycles. The first-order valence-corrected chi connectivity index (χ1v) is 6.24. The average Bonchev–Trinajstić information content (AvgIpc) is 3.22. The largest absolute Gasteiger partial charge is 0.0809 e. The molecule has 0 nitrogen and oxygen atoms in total. The molecular formula is C17H16. The van der Waals surface area contributed by atoms with E-state index in [1.165, 1.54) is 36.0 Å². The molecule has 0 fully saturated rings. The molecule has 1 aliphatic rings. The van der Waals surface area contributed by atoms with Crippen LogP contribution in [0.5, 0.6) is 0 Å². The van der Waals surface area contributed by atoms with Crippen LogP contribution in [0.25, 0.3) is 11.1 Å². The van der Waals surface area contributed by atoms with Crippen LogP contribution in [-0.2, 0) is 6.42 Å². The molecule has 0 radical (unpaired) electrons. The van der Waals surface area contributed by atoms with Crippen LogP contribution in [0.1, 0.15) is 18.4 Å². The Labute approximate surface area is 103 Å². The Bertz CT molecular complexity index is 518. The van der Waals surface area contributed by atoms with Crippen LogP contribution >= 0.6 is 0 Å². The van der Waals surface area contributed by atoms with Gasteiger partial charge in [-0.2, -0.15) is 0 Å². The molecule has 0 aromatic heterocycles. The maximum atomic E-state index is 2.32. The van der Waals surface area contributed by atoms with Crippen molar-refractivity contribution in [2.24, 2.45) is 0 Å². The smallest absolute Gasteiger partial charge is 0.0136 e. The molecule has 2 aromatic carbocycles. The number of benzene rings is 2. The molecule has 0 amide bonds. The van der Waals surface area contributed by atoms with Crippen molar-refractivity contribution in [1.29, 1.82) is 0 Å². The average molecular weight is 220 g/mol. The maximum absolute atomic E-state index is 2.32. The fourth-order valence-corrected chi connectivity index (χ4v) is 2.08. The van der Waals surface area contributed by atoms with Gasteiger partial charge in [-0.1, -0.05) is 66.2 Å². The lowest BCUT2D eigenvalue weighted by molar-refractivity contribution is 0.967. The van der Waals surface area contributed by atoms with Crippen LogP contribution in [0.15, 0.2) is 66.2 Å². The summed E-state index contributed by atoms with van der Waals surface area (Å²) in [5.74, 6) is 0. The normalized spacial score (nSPS) is 13.3. The first-order chi connectivity index (χ1) is 8.42. The lowest BCUT2D eigenvalue weighted by atomic mass is 10.0. The molecule has 0 heterocycles. The molecular weight excluding hydrogens is 204 g/mol. The van der Waals surface area contributed by atoms with E-state index in [4.69, 9.17) is 0 Å². The summed E-state index contributed by atoms with van der Waals surface area (Å²) in [5.41, 5.74) is 5.67. The van der Waals surface area contributed by atoms with Crippen LogP contribution in [0.4, 0.5) is 0 Å². The van der Waals surface area contributed by atoms with E-state index in [1.54, 1.807) is 5.57 Å². The molecule has 3 rings (SSSR count). The third-order valence-corrected chi connectivity index (χ3v) is 3.29. The number of hydrogen-bond acceptors (Lipinski definition) is 0. The van der Waals surface area contributed by atoms with Crippen molar-refractivity contribution in [2.45, 2.75) is 19.3 Å². The highest BCUT2D eigenvalue weighted by molar-refractivity contribution is 5.63. The molecule has 2 aromatic rings. The maximum Gasteiger partial charge on any atom is -0.0136 e. The van der Waals surface area contributed by atoms with Crippen molar-refractivity contribution >= 4 is 0 Å². The molecule has 0 heteroatoms. The van der Waals surface area contributed by atoms with Gasteiger partial charge in [-0.3, -0.25) is 0 Å². The molecule has 0 aliphatic heterocycles. The molecule has 0 bridgehead atoms. The number of aryl methyl sites for hydroxylation is 1. The molecule has 0 saturated carbocycles. The van der Waals surface area contributed by atoms with E-state index in [1.807, 2.05) is 0 Å². The summed E-state index contributed by atoms with van der Waals surface area (Å²) in [4.78, 5) is 0. The second-order valence-corrected chi connectivity index (χ2v) is 4.63. The van der Waals surface area contributed by atoms with E-state index < -0.39 is 0 Å². The van der Waals surface area contributed by atoms with E-state index in [-0.39, 0.29) is 0 Å². The zero-order valence-electron chi connectivity index (χ0n) is 9.89. The molecule has 0 N–H and O–H groups in total. The summed E-state index contributed by atoms with van der Waals surface area (Å²) in [5, 5.41) is 0. The van der Waals surface area contributed by atoms with Gasteiger partial charge in [0.1, 0.15) is 0 Å². The summed E-state index contributed by atoms with van der Waals surface area (Å²) >= 11 is 0. The van der Waals surface area contributed by atoms with Crippen LogP contribution < -0.4 is 0 Å². The van der Waals surface area contributed by atoms with Gasteiger partial charge in [0, 0.05) is 0 Å². The Morgan fingerprint density at radius 2 is 1.35 bits per heavy atom. The Hall–Kier alpha value is -1.82. The minimum atomic E-state index is 1.18. The SMILES string of the molecule is C1=C(CCc2ccc(-c3ccccc3)cc2)C1. The van der Waals surface area contributed by atoms with Gasteiger partial charge >= 0.3 is 0 Å². The number of allylic oxidation sites excluding steroid dienone is 2. The van der Waals surface area contributed by atoms with E-state index in [0.717, 1.165) is 0 Å². The van der Waals surface area contributed by atoms with E-state index >= 15 is 0 Å². The van der Waals surface area contributed by atoms with Crippen LogP contribution in [0.2, 0.25) is 0 Å². The molecule has 0 unspecified atom stereocenters. The fraction of sp³-hybridized carbons (Fsp3) is 0.176. The van der Waals surface area contributed by atoms with Gasteiger partial charge in [0.15, 0.2) is 0 Å². The summed E-state index contributed by atoms with van der Waals surface area (Å²) in [6.07, 6.45) is 5.99. The van der Waals surface area contributed by atoms with E-state index in [2.05, 4.69) is 60.7 Å². The third-order valence-electron chi connectivity index (χ3n) is 3.29. The molecule has 84 valence electrons. The van der Waals surface area contributed by atoms with Crippen LogP contribution in [-0.4, -0.2) is 0 Å². The van der Waals surface area contributed by atoms with Crippen molar-refractivity contribution in [2.75, 3.05) is 0 Å². The minimum absolute atomic E-state index is 1.18. The van der Waals surface area contributed by atoms with Crippen molar-refractivity contribution < 1.29 is 0 Å². The third kappa shape index (κ3) is 2.65. The molecule has 17 heavy (non-hydrogen) atoms. The predicted molar refractivity (Wildman–Crippen MR) is 72.9 cm³/mol. The fourth-order valence-electron chi connectivity index (χ4n) is 2.08. The first-order valence-electron chi connectivity index (χ1n) is 6.24.